The molecular formula is C21H24N4O2S. The summed E-state index contributed by atoms with van der Waals surface area (Å²) in [7, 11) is 0. The molecule has 146 valence electrons. The number of carbonyl (C=O) groups is 1. The van der Waals surface area contributed by atoms with Crippen molar-refractivity contribution in [3.8, 4) is 11.4 Å². The van der Waals surface area contributed by atoms with E-state index in [0.717, 1.165) is 22.3 Å². The first-order chi connectivity index (χ1) is 13.6. The smallest absolute Gasteiger partial charge is 0.240 e. The number of H-pyrrole nitrogens is 1. The van der Waals surface area contributed by atoms with Crippen molar-refractivity contribution in [2.24, 2.45) is 0 Å². The molecule has 0 aliphatic heterocycles. The molecule has 2 aromatic carbocycles. The zero-order valence-electron chi connectivity index (χ0n) is 16.1. The average Bonchev–Trinajstić information content (AvgIpc) is 3.06. The predicted molar refractivity (Wildman–Crippen MR) is 111 cm³/mol. The molecule has 0 aliphatic carbocycles. The van der Waals surface area contributed by atoms with Crippen molar-refractivity contribution in [2.75, 3.05) is 6.61 Å². The number of benzene rings is 2. The lowest BCUT2D eigenvalue weighted by Gasteiger charge is -2.09. The van der Waals surface area contributed by atoms with Crippen LogP contribution in [0, 0.1) is 11.7 Å². The minimum atomic E-state index is -0.121. The van der Waals surface area contributed by atoms with Gasteiger partial charge in [0.05, 0.1) is 6.61 Å². The second-order valence-electron chi connectivity index (χ2n) is 6.53. The van der Waals surface area contributed by atoms with E-state index in [1.165, 1.54) is 0 Å². The molecule has 1 heterocycles. The molecule has 2 N–H and O–H groups in total. The Morgan fingerprint density at radius 1 is 1.14 bits per heavy atom. The topological polar surface area (TPSA) is 71.9 Å². The number of ether oxygens (including phenoxy) is 1. The molecule has 0 radical (unpaired) electrons. The van der Waals surface area contributed by atoms with Gasteiger partial charge in [0.2, 0.25) is 5.91 Å². The first-order valence-corrected chi connectivity index (χ1v) is 9.62. The molecule has 0 spiro atoms. The van der Waals surface area contributed by atoms with E-state index in [2.05, 4.69) is 15.5 Å². The Hall–Kier alpha value is -2.77. The number of hydrogen-bond acceptors (Lipinski definition) is 4. The lowest BCUT2D eigenvalue weighted by Crippen LogP contribution is -2.27. The molecule has 0 saturated carbocycles. The van der Waals surface area contributed by atoms with Gasteiger partial charge in [-0.3, -0.25) is 14.5 Å². The fourth-order valence-corrected chi connectivity index (χ4v) is 2.96. The van der Waals surface area contributed by atoms with Crippen molar-refractivity contribution in [1.82, 2.24) is 20.1 Å². The maximum Gasteiger partial charge on any atom is 0.240 e. The number of hydrogen-bond donors (Lipinski definition) is 2. The normalized spacial score (nSPS) is 10.8. The number of aromatic nitrogens is 3. The number of nitrogens with one attached hydrogen (secondary N) is 2. The SMILES string of the molecule is CCOCc1ccc(CNC(=O)Cn2c(-c3ccc(C)cc3)n[nH]c2=S)cc1. The van der Waals surface area contributed by atoms with E-state index < -0.39 is 0 Å². The molecule has 0 atom stereocenters. The predicted octanol–water partition coefficient (Wildman–Crippen LogP) is 3.77. The highest BCUT2D eigenvalue weighted by molar-refractivity contribution is 7.71. The third-order valence-corrected chi connectivity index (χ3v) is 4.67. The van der Waals surface area contributed by atoms with E-state index in [4.69, 9.17) is 17.0 Å². The molecule has 3 aromatic rings. The van der Waals surface area contributed by atoms with E-state index in [9.17, 15) is 4.79 Å². The van der Waals surface area contributed by atoms with Gasteiger partial charge >= 0.3 is 0 Å². The fraction of sp³-hybridized carbons (Fsp3) is 0.286. The summed E-state index contributed by atoms with van der Waals surface area (Å²) in [4.78, 5) is 12.4. The van der Waals surface area contributed by atoms with Gasteiger partial charge in [-0.05, 0) is 37.2 Å². The molecule has 0 saturated heterocycles. The highest BCUT2D eigenvalue weighted by Gasteiger charge is 2.12. The number of amides is 1. The summed E-state index contributed by atoms with van der Waals surface area (Å²) in [5, 5.41) is 9.99. The molecule has 7 heteroatoms. The van der Waals surface area contributed by atoms with Crippen LogP contribution in [0.2, 0.25) is 0 Å². The van der Waals surface area contributed by atoms with Crippen molar-refractivity contribution in [2.45, 2.75) is 33.5 Å². The van der Waals surface area contributed by atoms with E-state index >= 15 is 0 Å². The van der Waals surface area contributed by atoms with Gasteiger partial charge in [-0.1, -0.05) is 54.1 Å². The zero-order valence-corrected chi connectivity index (χ0v) is 16.9. The summed E-state index contributed by atoms with van der Waals surface area (Å²) in [5.41, 5.74) is 4.22. The number of carbonyl (C=O) groups excluding carboxylic acids is 1. The Labute approximate surface area is 169 Å². The number of rotatable bonds is 8. The van der Waals surface area contributed by atoms with E-state index in [0.29, 0.717) is 30.4 Å². The molecule has 0 fully saturated rings. The number of aromatic amines is 1. The molecular weight excluding hydrogens is 372 g/mol. The molecule has 0 unspecified atom stereocenters. The van der Waals surface area contributed by atoms with Gasteiger partial charge in [0.25, 0.3) is 0 Å². The molecule has 1 aromatic heterocycles. The van der Waals surface area contributed by atoms with Crippen LogP contribution in [0.25, 0.3) is 11.4 Å². The fourth-order valence-electron chi connectivity index (χ4n) is 2.76. The second-order valence-corrected chi connectivity index (χ2v) is 6.92. The molecule has 28 heavy (non-hydrogen) atoms. The van der Waals surface area contributed by atoms with Crippen molar-refractivity contribution >= 4 is 18.1 Å². The van der Waals surface area contributed by atoms with Gasteiger partial charge in [-0.25, -0.2) is 0 Å². The highest BCUT2D eigenvalue weighted by Crippen LogP contribution is 2.17. The Bertz CT molecular complexity index is 975. The van der Waals surface area contributed by atoms with Gasteiger partial charge in [0.1, 0.15) is 6.54 Å². The van der Waals surface area contributed by atoms with Crippen LogP contribution in [0.15, 0.2) is 48.5 Å². The Kier molecular flexibility index (Phi) is 6.73. The monoisotopic (exact) mass is 396 g/mol. The summed E-state index contributed by atoms with van der Waals surface area (Å²) in [6, 6.07) is 16.0. The lowest BCUT2D eigenvalue weighted by molar-refractivity contribution is -0.121. The highest BCUT2D eigenvalue weighted by atomic mass is 32.1. The third-order valence-electron chi connectivity index (χ3n) is 4.36. The van der Waals surface area contributed by atoms with E-state index in [1.54, 1.807) is 4.57 Å². The number of aryl methyl sites for hydroxylation is 1. The quantitative estimate of drug-likeness (QED) is 0.569. The largest absolute Gasteiger partial charge is 0.377 e. The molecule has 3 rings (SSSR count). The van der Waals surface area contributed by atoms with Crippen LogP contribution in [0.3, 0.4) is 0 Å². The maximum absolute atomic E-state index is 12.4. The van der Waals surface area contributed by atoms with E-state index in [-0.39, 0.29) is 12.5 Å². The number of nitrogens with zero attached hydrogens (tertiary/aromatic N) is 2. The van der Waals surface area contributed by atoms with Crippen LogP contribution in [0.1, 0.15) is 23.6 Å². The van der Waals surface area contributed by atoms with E-state index in [1.807, 2.05) is 62.4 Å². The Morgan fingerprint density at radius 3 is 2.50 bits per heavy atom. The van der Waals surface area contributed by atoms with Crippen molar-refractivity contribution in [3.05, 3.63) is 70.0 Å². The first kappa shape index (κ1) is 20.0. The average molecular weight is 397 g/mol. The summed E-state index contributed by atoms with van der Waals surface area (Å²) >= 11 is 5.30. The third kappa shape index (κ3) is 5.15. The van der Waals surface area contributed by atoms with Gasteiger partial charge in [-0.2, -0.15) is 5.10 Å². The second kappa shape index (κ2) is 9.43. The Balaban J connectivity index is 1.62. The summed E-state index contributed by atoms with van der Waals surface area (Å²) in [6.45, 7) is 5.86. The van der Waals surface area contributed by atoms with Crippen LogP contribution in [-0.4, -0.2) is 27.3 Å². The van der Waals surface area contributed by atoms with Crippen LogP contribution in [0.4, 0.5) is 0 Å². The minimum Gasteiger partial charge on any atom is -0.377 e. The van der Waals surface area contributed by atoms with Crippen LogP contribution in [0.5, 0.6) is 0 Å². The van der Waals surface area contributed by atoms with Crippen molar-refractivity contribution < 1.29 is 9.53 Å². The standard InChI is InChI=1S/C21H24N4O2S/c1-3-27-14-17-8-6-16(7-9-17)12-22-19(26)13-25-20(23-24-21(25)28)18-10-4-15(2)5-11-18/h4-11H,3,12-14H2,1-2H3,(H,22,26)(H,24,28). The lowest BCUT2D eigenvalue weighted by atomic mass is 10.1. The summed E-state index contributed by atoms with van der Waals surface area (Å²) < 4.78 is 7.52. The molecule has 0 aliphatic rings. The van der Waals surface area contributed by atoms with Crippen molar-refractivity contribution in [3.63, 3.8) is 0 Å². The molecule has 1 amide bonds. The van der Waals surface area contributed by atoms with Crippen LogP contribution < -0.4 is 5.32 Å². The zero-order chi connectivity index (χ0) is 19.9. The van der Waals surface area contributed by atoms with Gasteiger partial charge in [-0.15, -0.1) is 0 Å². The minimum absolute atomic E-state index is 0.112. The molecule has 0 bridgehead atoms. The van der Waals surface area contributed by atoms with Crippen LogP contribution >= 0.6 is 12.2 Å². The Morgan fingerprint density at radius 2 is 1.82 bits per heavy atom. The first-order valence-electron chi connectivity index (χ1n) is 9.21. The molecule has 6 nitrogen and oxygen atoms in total. The van der Waals surface area contributed by atoms with Gasteiger partial charge in [0.15, 0.2) is 10.6 Å². The van der Waals surface area contributed by atoms with Gasteiger partial charge in [0, 0.05) is 18.7 Å². The van der Waals surface area contributed by atoms with Gasteiger partial charge < -0.3 is 10.1 Å². The summed E-state index contributed by atoms with van der Waals surface area (Å²) in [6.07, 6.45) is 0. The van der Waals surface area contributed by atoms with Crippen LogP contribution in [-0.2, 0) is 29.2 Å². The maximum atomic E-state index is 12.4. The van der Waals surface area contributed by atoms with Crippen molar-refractivity contribution in [1.29, 1.82) is 0 Å². The summed E-state index contributed by atoms with van der Waals surface area (Å²) in [5.74, 6) is 0.532.